The van der Waals surface area contributed by atoms with Crippen molar-refractivity contribution in [3.63, 3.8) is 0 Å². The lowest BCUT2D eigenvalue weighted by atomic mass is 10.4. The fraction of sp³-hybridized carbons (Fsp3) is 0.200. The lowest BCUT2D eigenvalue weighted by molar-refractivity contribution is 0.0991. The van der Waals surface area contributed by atoms with Crippen LogP contribution in [0.4, 0.5) is 5.69 Å². The largest absolute Gasteiger partial charge is 0.438 e. The summed E-state index contributed by atoms with van der Waals surface area (Å²) in [6.07, 6.45) is 2.90. The Labute approximate surface area is 109 Å². The average Bonchev–Trinajstić information content (AvgIpc) is 2.98. The van der Waals surface area contributed by atoms with Crippen molar-refractivity contribution in [2.24, 2.45) is 0 Å². The number of nitrogens with zero attached hydrogens (tertiary/aromatic N) is 2. The number of rotatable bonds is 4. The maximum atomic E-state index is 11.8. The molecule has 0 saturated carbocycles. The van der Waals surface area contributed by atoms with Crippen LogP contribution in [0.2, 0.25) is 0 Å². The Bertz CT molecular complexity index is 672. The third-order valence-electron chi connectivity index (χ3n) is 2.30. The fourth-order valence-electron chi connectivity index (χ4n) is 1.27. The summed E-state index contributed by atoms with van der Waals surface area (Å²) in [6, 6.07) is 2.53. The molecule has 0 aliphatic carbocycles. The van der Waals surface area contributed by atoms with Crippen molar-refractivity contribution in [3.8, 4) is 0 Å². The summed E-state index contributed by atoms with van der Waals surface area (Å²) in [5, 5.41) is 8.41. The van der Waals surface area contributed by atoms with Gasteiger partial charge in [0.1, 0.15) is 0 Å². The minimum Gasteiger partial charge on any atom is -0.438 e. The number of H-pyrrole nitrogens is 1. The molecular formula is C10H12N4O4S. The first-order valence-electron chi connectivity index (χ1n) is 5.24. The van der Waals surface area contributed by atoms with Crippen molar-refractivity contribution in [2.45, 2.75) is 5.09 Å². The highest BCUT2D eigenvalue weighted by Gasteiger charge is 2.23. The first-order valence-corrected chi connectivity index (χ1v) is 6.68. The fourth-order valence-corrected chi connectivity index (χ4v) is 2.07. The second-order valence-electron chi connectivity index (χ2n) is 3.85. The molecule has 19 heavy (non-hydrogen) atoms. The molecule has 0 aliphatic heterocycles. The van der Waals surface area contributed by atoms with Crippen LogP contribution in [0.15, 0.2) is 34.0 Å². The molecule has 2 aromatic heterocycles. The number of carbonyl (C=O) groups is 1. The molecule has 9 heteroatoms. The summed E-state index contributed by atoms with van der Waals surface area (Å²) < 4.78 is 29.6. The summed E-state index contributed by atoms with van der Waals surface area (Å²) in [7, 11) is -0.927. The van der Waals surface area contributed by atoms with Crippen LogP contribution in [0.3, 0.4) is 0 Å². The van der Waals surface area contributed by atoms with E-state index < -0.39 is 15.9 Å². The van der Waals surface area contributed by atoms with Gasteiger partial charge in [0.25, 0.3) is 15.9 Å². The number of carbonyl (C=O) groups excluding carboxylic acids is 1. The molecule has 0 aliphatic rings. The van der Waals surface area contributed by atoms with Gasteiger partial charge in [-0.15, -0.1) is 0 Å². The number of aromatic amines is 1. The van der Waals surface area contributed by atoms with Gasteiger partial charge >= 0.3 is 0 Å². The van der Waals surface area contributed by atoms with Crippen molar-refractivity contribution >= 4 is 21.6 Å². The van der Waals surface area contributed by atoms with Crippen molar-refractivity contribution in [2.75, 3.05) is 19.4 Å². The molecule has 8 nitrogen and oxygen atoms in total. The standard InChI is InChI=1S/C10H12N4O4S/c1-14(2)19(16,17)9-4-3-8(18-9)10(15)13-7-5-11-12-6-7/h3-6H,1-2H3,(H,11,12)(H,13,15). The van der Waals surface area contributed by atoms with Crippen LogP contribution in [-0.4, -0.2) is 42.9 Å². The van der Waals surface area contributed by atoms with Crippen LogP contribution in [0.25, 0.3) is 0 Å². The SMILES string of the molecule is CN(C)S(=O)(=O)c1ccc(C(=O)Nc2cn[nH]c2)o1. The Balaban J connectivity index is 2.20. The van der Waals surface area contributed by atoms with Crippen LogP contribution in [0.5, 0.6) is 0 Å². The van der Waals surface area contributed by atoms with Gasteiger partial charge < -0.3 is 9.73 Å². The Morgan fingerprint density at radius 1 is 1.42 bits per heavy atom. The molecular weight excluding hydrogens is 272 g/mol. The lowest BCUT2D eigenvalue weighted by Crippen LogP contribution is -2.21. The van der Waals surface area contributed by atoms with Gasteiger partial charge in [0.15, 0.2) is 5.76 Å². The number of hydrogen-bond acceptors (Lipinski definition) is 5. The molecule has 0 fully saturated rings. The second kappa shape index (κ2) is 4.86. The quantitative estimate of drug-likeness (QED) is 0.850. The molecule has 0 unspecified atom stereocenters. The van der Waals surface area contributed by atoms with Crippen molar-refractivity contribution in [3.05, 3.63) is 30.3 Å². The Morgan fingerprint density at radius 2 is 2.16 bits per heavy atom. The highest BCUT2D eigenvalue weighted by molar-refractivity contribution is 7.88. The number of aromatic nitrogens is 2. The second-order valence-corrected chi connectivity index (χ2v) is 5.93. The van der Waals surface area contributed by atoms with Crippen LogP contribution in [0, 0.1) is 0 Å². The Kier molecular flexibility index (Phi) is 3.40. The normalized spacial score (nSPS) is 11.7. The van der Waals surface area contributed by atoms with E-state index in [2.05, 4.69) is 15.5 Å². The van der Waals surface area contributed by atoms with E-state index >= 15 is 0 Å². The molecule has 0 saturated heterocycles. The Morgan fingerprint density at radius 3 is 2.74 bits per heavy atom. The number of amides is 1. The van der Waals surface area contributed by atoms with E-state index in [9.17, 15) is 13.2 Å². The first-order chi connectivity index (χ1) is 8.91. The van der Waals surface area contributed by atoms with Gasteiger partial charge in [-0.1, -0.05) is 0 Å². The molecule has 0 spiro atoms. The molecule has 2 aromatic rings. The highest BCUT2D eigenvalue weighted by atomic mass is 32.2. The van der Waals surface area contributed by atoms with E-state index in [0.717, 1.165) is 4.31 Å². The van der Waals surface area contributed by atoms with E-state index in [0.29, 0.717) is 5.69 Å². The number of nitrogens with one attached hydrogen (secondary N) is 2. The van der Waals surface area contributed by atoms with Gasteiger partial charge in [0, 0.05) is 20.3 Å². The predicted octanol–water partition coefficient (Wildman–Crippen LogP) is 0.505. The molecule has 0 aromatic carbocycles. The van der Waals surface area contributed by atoms with Crippen molar-refractivity contribution in [1.82, 2.24) is 14.5 Å². The van der Waals surface area contributed by atoms with Gasteiger partial charge in [-0.2, -0.15) is 5.10 Å². The van der Waals surface area contributed by atoms with Gasteiger partial charge in [-0.25, -0.2) is 12.7 Å². The highest BCUT2D eigenvalue weighted by Crippen LogP contribution is 2.17. The summed E-state index contributed by atoms with van der Waals surface area (Å²) >= 11 is 0. The predicted molar refractivity (Wildman–Crippen MR) is 66.1 cm³/mol. The first kappa shape index (κ1) is 13.3. The van der Waals surface area contributed by atoms with Gasteiger partial charge in [0.2, 0.25) is 5.09 Å². The molecule has 0 bridgehead atoms. The summed E-state index contributed by atoms with van der Waals surface area (Å²) in [5.41, 5.74) is 0.457. The summed E-state index contributed by atoms with van der Waals surface area (Å²) in [6.45, 7) is 0. The monoisotopic (exact) mass is 284 g/mol. The molecule has 2 heterocycles. The minimum atomic E-state index is -3.68. The zero-order valence-corrected chi connectivity index (χ0v) is 11.1. The number of anilines is 1. The average molecular weight is 284 g/mol. The van der Waals surface area contributed by atoms with Crippen molar-refractivity contribution in [1.29, 1.82) is 0 Å². The van der Waals surface area contributed by atoms with Gasteiger partial charge in [-0.05, 0) is 12.1 Å². The van der Waals surface area contributed by atoms with E-state index in [1.807, 2.05) is 0 Å². The van der Waals surface area contributed by atoms with Crippen LogP contribution >= 0.6 is 0 Å². The zero-order chi connectivity index (χ0) is 14.0. The van der Waals surface area contributed by atoms with E-state index in [1.165, 1.54) is 38.6 Å². The summed E-state index contributed by atoms with van der Waals surface area (Å²) in [5.74, 6) is -0.650. The topological polar surface area (TPSA) is 108 Å². The molecule has 2 N–H and O–H groups in total. The van der Waals surface area contributed by atoms with Crippen LogP contribution in [-0.2, 0) is 10.0 Å². The number of sulfonamides is 1. The number of furan rings is 1. The molecule has 102 valence electrons. The third kappa shape index (κ3) is 2.66. The zero-order valence-electron chi connectivity index (χ0n) is 10.2. The maximum absolute atomic E-state index is 11.8. The molecule has 0 atom stereocenters. The maximum Gasteiger partial charge on any atom is 0.291 e. The minimum absolute atomic E-state index is 0.0957. The lowest BCUT2D eigenvalue weighted by Gasteiger charge is -2.07. The van der Waals surface area contributed by atoms with Crippen molar-refractivity contribution < 1.29 is 17.6 Å². The van der Waals surface area contributed by atoms with Gasteiger partial charge in [0.05, 0.1) is 11.9 Å². The smallest absolute Gasteiger partial charge is 0.291 e. The molecule has 2 rings (SSSR count). The summed E-state index contributed by atoms with van der Waals surface area (Å²) in [4.78, 5) is 11.8. The Hall–Kier alpha value is -2.13. The molecule has 1 amide bonds. The van der Waals surface area contributed by atoms with E-state index in [4.69, 9.17) is 4.42 Å². The van der Waals surface area contributed by atoms with Gasteiger partial charge in [-0.3, -0.25) is 9.89 Å². The van der Waals surface area contributed by atoms with E-state index in [-0.39, 0.29) is 10.9 Å². The van der Waals surface area contributed by atoms with Crippen LogP contribution < -0.4 is 5.32 Å². The van der Waals surface area contributed by atoms with Crippen LogP contribution in [0.1, 0.15) is 10.6 Å². The third-order valence-corrected chi connectivity index (χ3v) is 3.99. The van der Waals surface area contributed by atoms with E-state index in [1.54, 1.807) is 0 Å². The number of hydrogen-bond donors (Lipinski definition) is 2. The molecule has 0 radical (unpaired) electrons.